The van der Waals surface area contributed by atoms with Gasteiger partial charge in [-0.1, -0.05) is 182 Å². The summed E-state index contributed by atoms with van der Waals surface area (Å²) >= 11 is 1.91. The average molecular weight is 746 g/mol. The maximum absolute atomic E-state index is 9.19. The number of fused-ring (bicyclic) bond motifs is 12. The quantitative estimate of drug-likeness (QED) is 0.124. The van der Waals surface area contributed by atoms with Gasteiger partial charge in [0.15, 0.2) is 0 Å². The Balaban J connectivity index is 1.25. The van der Waals surface area contributed by atoms with Crippen LogP contribution >= 0.6 is 11.3 Å². The second kappa shape index (κ2) is 13.5. The summed E-state index contributed by atoms with van der Waals surface area (Å²) in [6, 6.07) is 68.8. The molecule has 0 bridgehead atoms. The van der Waals surface area contributed by atoms with Gasteiger partial charge in [0.1, 0.15) is 0 Å². The van der Waals surface area contributed by atoms with Crippen molar-refractivity contribution in [3.05, 3.63) is 211 Å². The molecule has 9 aromatic carbocycles. The van der Waals surface area contributed by atoms with Gasteiger partial charge in [-0.15, -0.1) is 11.3 Å². The summed E-state index contributed by atoms with van der Waals surface area (Å²) in [4.78, 5) is 0. The third kappa shape index (κ3) is 5.45. The second-order valence-electron chi connectivity index (χ2n) is 14.5. The van der Waals surface area contributed by atoms with Gasteiger partial charge in [0, 0.05) is 41.9 Å². The number of nitrogens with zero attached hydrogens (tertiary/aromatic N) is 1. The Kier molecular flexibility index (Phi) is 7.83. The molecule has 268 valence electrons. The van der Waals surface area contributed by atoms with E-state index in [9.17, 15) is 5.41 Å². The number of benzene rings is 9. The molecule has 0 amide bonds. The minimum atomic E-state index is 0.437. The number of hydrogen-bond donors (Lipinski definition) is 2. The van der Waals surface area contributed by atoms with Crippen LogP contribution in [0.1, 0.15) is 11.1 Å². The van der Waals surface area contributed by atoms with E-state index >= 15 is 0 Å². The van der Waals surface area contributed by atoms with Gasteiger partial charge in [0.25, 0.3) is 0 Å². The predicted octanol–water partition coefficient (Wildman–Crippen LogP) is 14.5. The van der Waals surface area contributed by atoms with Crippen LogP contribution in [0.4, 0.5) is 0 Å². The number of hydrogen-bond acceptors (Lipinski definition) is 3. The first kappa shape index (κ1) is 33.1. The Morgan fingerprint density at radius 2 is 0.965 bits per heavy atom. The molecule has 11 rings (SSSR count). The Hall–Kier alpha value is -7.27. The van der Waals surface area contributed by atoms with Crippen LogP contribution in [0, 0.1) is 5.41 Å². The van der Waals surface area contributed by atoms with Crippen molar-refractivity contribution < 1.29 is 0 Å². The zero-order valence-corrected chi connectivity index (χ0v) is 31.7. The first-order chi connectivity index (χ1) is 28.2. The molecule has 0 radical (unpaired) electrons. The summed E-state index contributed by atoms with van der Waals surface area (Å²) in [6.45, 7) is 0. The first-order valence-electron chi connectivity index (χ1n) is 19.3. The molecule has 0 spiro atoms. The maximum Gasteiger partial charge on any atom is 0.0723 e. The number of nitrogens with one attached hydrogen (secondary N) is 2. The molecule has 2 aromatic heterocycles. The maximum atomic E-state index is 9.19. The van der Waals surface area contributed by atoms with E-state index in [0.717, 1.165) is 27.9 Å². The van der Waals surface area contributed by atoms with Gasteiger partial charge in [-0.3, -0.25) is 10.1 Å². The van der Waals surface area contributed by atoms with E-state index in [1.807, 2.05) is 53.8 Å². The topological polar surface area (TPSA) is 40.8 Å². The lowest BCUT2D eigenvalue weighted by molar-refractivity contribution is 1.06. The van der Waals surface area contributed by atoms with E-state index in [1.165, 1.54) is 74.7 Å². The molecule has 11 aromatic rings. The van der Waals surface area contributed by atoms with Crippen LogP contribution in [-0.4, -0.2) is 10.4 Å². The van der Waals surface area contributed by atoms with Crippen LogP contribution in [0.15, 0.2) is 200 Å². The third-order valence-corrected chi connectivity index (χ3v) is 12.5. The zero-order valence-electron chi connectivity index (χ0n) is 30.9. The second-order valence-corrected chi connectivity index (χ2v) is 15.6. The van der Waals surface area contributed by atoms with Crippen molar-refractivity contribution in [1.82, 2.24) is 4.68 Å². The molecule has 57 heavy (non-hydrogen) atoms. The van der Waals surface area contributed by atoms with Crippen molar-refractivity contribution in [2.45, 2.75) is 0 Å². The number of aromatic nitrogens is 1. The normalized spacial score (nSPS) is 12.0. The Labute approximate surface area is 333 Å². The van der Waals surface area contributed by atoms with Crippen molar-refractivity contribution in [3.63, 3.8) is 0 Å². The largest absolute Gasteiger partial charge is 0.300 e. The van der Waals surface area contributed by atoms with Gasteiger partial charge in [-0.25, -0.2) is 0 Å². The molecule has 0 aliphatic carbocycles. The zero-order chi connectivity index (χ0) is 37.9. The molecule has 0 aliphatic rings. The molecule has 4 heteroatoms. The van der Waals surface area contributed by atoms with E-state index < -0.39 is 0 Å². The lowest BCUT2D eigenvalue weighted by atomic mass is 9.93. The minimum absolute atomic E-state index is 0.437. The highest BCUT2D eigenvalue weighted by Gasteiger charge is 2.24. The fourth-order valence-corrected chi connectivity index (χ4v) is 9.99. The molecule has 0 aliphatic heterocycles. The smallest absolute Gasteiger partial charge is 0.0723 e. The van der Waals surface area contributed by atoms with Crippen LogP contribution in [0.5, 0.6) is 0 Å². The summed E-state index contributed by atoms with van der Waals surface area (Å²) in [5.41, 5.74) is 13.9. The fourth-order valence-electron chi connectivity index (χ4n) is 8.59. The van der Waals surface area contributed by atoms with Crippen molar-refractivity contribution in [2.24, 2.45) is 0 Å². The molecule has 2 heterocycles. The van der Waals surface area contributed by atoms with Gasteiger partial charge in [-0.2, -0.15) is 0 Å². The monoisotopic (exact) mass is 745 g/mol. The highest BCUT2D eigenvalue weighted by molar-refractivity contribution is 7.27. The van der Waals surface area contributed by atoms with Crippen molar-refractivity contribution in [3.8, 4) is 22.3 Å². The standard InChI is InChI=1S/C53H35N3S/c54-45(37-18-6-2-7-19-37)33-46(38-20-8-3-9-21-38)55-56-47-27-15-14-26-43(47)49-48(56)32-44(36-30-28-35(29-31-36)34-16-4-1-5-17-34)53-51(49)50-41-24-12-10-22-39(41)40-23-11-13-25-42(40)52(50)57-53/h1-33,54-55H/b46-33-,54-45?. The summed E-state index contributed by atoms with van der Waals surface area (Å²) in [7, 11) is 0. The minimum Gasteiger partial charge on any atom is -0.300 e. The Morgan fingerprint density at radius 3 is 1.67 bits per heavy atom. The van der Waals surface area contributed by atoms with E-state index in [1.54, 1.807) is 0 Å². The van der Waals surface area contributed by atoms with Crippen LogP contribution in [0.2, 0.25) is 0 Å². The lowest BCUT2D eigenvalue weighted by Gasteiger charge is -2.17. The first-order valence-corrected chi connectivity index (χ1v) is 20.1. The van der Waals surface area contributed by atoms with Gasteiger partial charge in [0.2, 0.25) is 0 Å². The number of rotatable bonds is 7. The Morgan fingerprint density at radius 1 is 0.439 bits per heavy atom. The van der Waals surface area contributed by atoms with Gasteiger partial charge < -0.3 is 5.41 Å². The highest BCUT2D eigenvalue weighted by Crippen LogP contribution is 2.51. The number of allylic oxidation sites excluding steroid dienone is 1. The molecule has 0 unspecified atom stereocenters. The summed E-state index contributed by atoms with van der Waals surface area (Å²) in [5, 5.41) is 19.2. The van der Waals surface area contributed by atoms with Gasteiger partial charge >= 0.3 is 0 Å². The van der Waals surface area contributed by atoms with Crippen molar-refractivity contribution >= 4 is 86.3 Å². The molecule has 0 saturated carbocycles. The van der Waals surface area contributed by atoms with Crippen molar-refractivity contribution in [1.29, 1.82) is 5.41 Å². The summed E-state index contributed by atoms with van der Waals surface area (Å²) in [6.07, 6.45) is 1.95. The van der Waals surface area contributed by atoms with Gasteiger partial charge in [-0.05, 0) is 62.2 Å². The highest BCUT2D eigenvalue weighted by atomic mass is 32.1. The summed E-state index contributed by atoms with van der Waals surface area (Å²) in [5.74, 6) is 0. The summed E-state index contributed by atoms with van der Waals surface area (Å²) < 4.78 is 4.83. The van der Waals surface area contributed by atoms with Crippen LogP contribution in [0.25, 0.3) is 91.5 Å². The van der Waals surface area contributed by atoms with E-state index in [4.69, 9.17) is 0 Å². The number of para-hydroxylation sites is 1. The molecule has 2 N–H and O–H groups in total. The van der Waals surface area contributed by atoms with E-state index in [-0.39, 0.29) is 0 Å². The molecule has 3 nitrogen and oxygen atoms in total. The van der Waals surface area contributed by atoms with Gasteiger partial charge in [0.05, 0.1) is 22.4 Å². The van der Waals surface area contributed by atoms with E-state index in [2.05, 4.69) is 168 Å². The SMILES string of the molecule is N=C(/C=C(\Nn1c2ccccc2c2c3c(sc4c5ccccc5c5ccccc5c43)c(-c3ccc(-c4ccccc4)cc3)cc21)c1ccccc1)c1ccccc1. The van der Waals surface area contributed by atoms with Crippen LogP contribution in [-0.2, 0) is 0 Å². The van der Waals surface area contributed by atoms with Crippen molar-refractivity contribution in [2.75, 3.05) is 5.43 Å². The molecular weight excluding hydrogens is 711 g/mol. The molecule has 0 atom stereocenters. The lowest BCUT2D eigenvalue weighted by Crippen LogP contribution is -2.14. The fraction of sp³-hybridized carbons (Fsp3) is 0. The Bertz CT molecular complexity index is 3360. The van der Waals surface area contributed by atoms with Crippen LogP contribution in [0.3, 0.4) is 0 Å². The molecule has 0 fully saturated rings. The average Bonchev–Trinajstić information content (AvgIpc) is 3.83. The number of thiophene rings is 1. The molecular formula is C53H35N3S. The third-order valence-electron chi connectivity index (χ3n) is 11.2. The predicted molar refractivity (Wildman–Crippen MR) is 245 cm³/mol. The molecule has 0 saturated heterocycles. The van der Waals surface area contributed by atoms with E-state index in [0.29, 0.717) is 5.71 Å². The van der Waals surface area contributed by atoms with Crippen LogP contribution < -0.4 is 5.43 Å².